The molecular formula is C21H25N3O4. The quantitative estimate of drug-likeness (QED) is 0.454. The van der Waals surface area contributed by atoms with Gasteiger partial charge in [0.25, 0.3) is 5.91 Å². The van der Waals surface area contributed by atoms with Gasteiger partial charge in [0.2, 0.25) is 0 Å². The van der Waals surface area contributed by atoms with E-state index in [-0.39, 0.29) is 11.6 Å². The summed E-state index contributed by atoms with van der Waals surface area (Å²) in [5.74, 6) is -1.88. The van der Waals surface area contributed by atoms with Crippen LogP contribution in [0.5, 0.6) is 0 Å². The van der Waals surface area contributed by atoms with Gasteiger partial charge in [-0.15, -0.1) is 0 Å². The van der Waals surface area contributed by atoms with Gasteiger partial charge < -0.3 is 20.7 Å². The van der Waals surface area contributed by atoms with Crippen LogP contribution in [0, 0.1) is 0 Å². The molecule has 148 valence electrons. The third-order valence-electron chi connectivity index (χ3n) is 3.98. The van der Waals surface area contributed by atoms with Crippen LogP contribution in [0.25, 0.3) is 0 Å². The molecule has 0 saturated heterocycles. The normalized spacial score (nSPS) is 10.2. The molecule has 0 aliphatic heterocycles. The van der Waals surface area contributed by atoms with Crippen molar-refractivity contribution in [1.82, 2.24) is 10.6 Å². The molecule has 0 aliphatic carbocycles. The molecule has 0 atom stereocenters. The zero-order valence-corrected chi connectivity index (χ0v) is 15.9. The Labute approximate surface area is 164 Å². The number of nitrogens with one attached hydrogen (secondary N) is 3. The number of benzene rings is 2. The van der Waals surface area contributed by atoms with E-state index in [0.717, 1.165) is 5.56 Å². The van der Waals surface area contributed by atoms with Crippen molar-refractivity contribution in [2.24, 2.45) is 0 Å². The predicted molar refractivity (Wildman–Crippen MR) is 107 cm³/mol. The first-order valence-electron chi connectivity index (χ1n) is 9.11. The van der Waals surface area contributed by atoms with Crippen LogP contribution in [0.1, 0.15) is 22.3 Å². The zero-order valence-electron chi connectivity index (χ0n) is 15.9. The van der Waals surface area contributed by atoms with Crippen molar-refractivity contribution >= 4 is 23.4 Å². The van der Waals surface area contributed by atoms with Gasteiger partial charge in [0.15, 0.2) is 0 Å². The summed E-state index contributed by atoms with van der Waals surface area (Å²) in [7, 11) is 1.57. The maximum absolute atomic E-state index is 12.5. The van der Waals surface area contributed by atoms with E-state index in [9.17, 15) is 14.4 Å². The highest BCUT2D eigenvalue weighted by Gasteiger charge is 2.17. The molecule has 0 saturated carbocycles. The third-order valence-corrected chi connectivity index (χ3v) is 3.98. The lowest BCUT2D eigenvalue weighted by molar-refractivity contribution is -0.136. The molecule has 3 N–H and O–H groups in total. The van der Waals surface area contributed by atoms with E-state index in [0.29, 0.717) is 38.1 Å². The number of hydrogen-bond donors (Lipinski definition) is 3. The summed E-state index contributed by atoms with van der Waals surface area (Å²) in [6.07, 6.45) is 1.31. The van der Waals surface area contributed by atoms with Crippen LogP contribution < -0.4 is 16.0 Å². The molecule has 2 rings (SSSR count). The number of carbonyl (C=O) groups is 3. The molecule has 0 bridgehead atoms. The topological polar surface area (TPSA) is 96.5 Å². The SMILES string of the molecule is COCCCNC(=O)C(=O)Nc1ccccc1C(=O)NCCc1ccccc1. The lowest BCUT2D eigenvalue weighted by Gasteiger charge is -2.11. The largest absolute Gasteiger partial charge is 0.385 e. The molecule has 0 aromatic heterocycles. The van der Waals surface area contributed by atoms with Crippen molar-refractivity contribution in [2.45, 2.75) is 12.8 Å². The molecule has 2 aromatic carbocycles. The van der Waals surface area contributed by atoms with Crippen molar-refractivity contribution in [1.29, 1.82) is 0 Å². The van der Waals surface area contributed by atoms with E-state index in [4.69, 9.17) is 4.74 Å². The average Bonchev–Trinajstić information content (AvgIpc) is 2.72. The van der Waals surface area contributed by atoms with Crippen LogP contribution >= 0.6 is 0 Å². The van der Waals surface area contributed by atoms with E-state index < -0.39 is 11.8 Å². The molecule has 0 heterocycles. The maximum Gasteiger partial charge on any atom is 0.313 e. The van der Waals surface area contributed by atoms with E-state index in [2.05, 4.69) is 16.0 Å². The van der Waals surface area contributed by atoms with E-state index in [1.165, 1.54) is 0 Å². The first kappa shape index (κ1) is 21.1. The Kier molecular flexibility index (Phi) is 8.68. The van der Waals surface area contributed by atoms with Gasteiger partial charge >= 0.3 is 11.8 Å². The molecule has 7 heteroatoms. The Balaban J connectivity index is 1.89. The summed E-state index contributed by atoms with van der Waals surface area (Å²) in [5.41, 5.74) is 1.71. The summed E-state index contributed by atoms with van der Waals surface area (Å²) >= 11 is 0. The van der Waals surface area contributed by atoms with Crippen LogP contribution in [-0.4, -0.2) is 44.5 Å². The smallest absolute Gasteiger partial charge is 0.313 e. The lowest BCUT2D eigenvalue weighted by atomic mass is 10.1. The summed E-state index contributed by atoms with van der Waals surface area (Å²) in [5, 5.41) is 7.84. The molecule has 7 nitrogen and oxygen atoms in total. The zero-order chi connectivity index (χ0) is 20.2. The minimum atomic E-state index is -0.818. The monoisotopic (exact) mass is 383 g/mol. The van der Waals surface area contributed by atoms with Gasteiger partial charge in [-0.1, -0.05) is 42.5 Å². The molecule has 28 heavy (non-hydrogen) atoms. The number of hydrogen-bond acceptors (Lipinski definition) is 4. The molecule has 3 amide bonds. The molecule has 0 unspecified atom stereocenters. The average molecular weight is 383 g/mol. The number of rotatable bonds is 9. The molecule has 0 aliphatic rings. The van der Waals surface area contributed by atoms with Gasteiger partial charge in [0.1, 0.15) is 0 Å². The minimum Gasteiger partial charge on any atom is -0.385 e. The Bertz CT molecular complexity index is 793. The molecule has 0 radical (unpaired) electrons. The lowest BCUT2D eigenvalue weighted by Crippen LogP contribution is -2.36. The van der Waals surface area contributed by atoms with Crippen LogP contribution in [0.3, 0.4) is 0 Å². The number of para-hydroxylation sites is 1. The second kappa shape index (κ2) is 11.5. The van der Waals surface area contributed by atoms with Crippen LogP contribution in [0.4, 0.5) is 5.69 Å². The van der Waals surface area contributed by atoms with E-state index >= 15 is 0 Å². The Morgan fingerprint density at radius 3 is 2.32 bits per heavy atom. The van der Waals surface area contributed by atoms with E-state index in [1.807, 2.05) is 30.3 Å². The summed E-state index contributed by atoms with van der Waals surface area (Å²) in [6, 6.07) is 16.4. The van der Waals surface area contributed by atoms with E-state index in [1.54, 1.807) is 31.4 Å². The standard InChI is InChI=1S/C21H25N3O4/c1-28-15-7-13-22-20(26)21(27)24-18-11-6-5-10-17(18)19(25)23-14-12-16-8-3-2-4-9-16/h2-6,8-11H,7,12-15H2,1H3,(H,22,26)(H,23,25)(H,24,27). The van der Waals surface area contributed by atoms with Crippen molar-refractivity contribution < 1.29 is 19.1 Å². The number of carbonyl (C=O) groups excluding carboxylic acids is 3. The highest BCUT2D eigenvalue weighted by atomic mass is 16.5. The number of anilines is 1. The van der Waals surface area contributed by atoms with Crippen molar-refractivity contribution in [3.05, 3.63) is 65.7 Å². The van der Waals surface area contributed by atoms with Crippen LogP contribution in [-0.2, 0) is 20.7 Å². The van der Waals surface area contributed by atoms with Gasteiger partial charge in [-0.05, 0) is 30.5 Å². The first-order chi connectivity index (χ1) is 13.6. The fraction of sp³-hybridized carbons (Fsp3) is 0.286. The summed E-state index contributed by atoms with van der Waals surface area (Å²) in [4.78, 5) is 36.4. The maximum atomic E-state index is 12.5. The van der Waals surface area contributed by atoms with Crippen LogP contribution in [0.2, 0.25) is 0 Å². The predicted octanol–water partition coefficient (Wildman–Crippen LogP) is 1.75. The highest BCUT2D eigenvalue weighted by Crippen LogP contribution is 2.15. The number of ether oxygens (including phenoxy) is 1. The Hall–Kier alpha value is -3.19. The minimum absolute atomic E-state index is 0.289. The highest BCUT2D eigenvalue weighted by molar-refractivity contribution is 6.40. The summed E-state index contributed by atoms with van der Waals surface area (Å²) < 4.78 is 4.89. The summed E-state index contributed by atoms with van der Waals surface area (Å²) in [6.45, 7) is 1.29. The Morgan fingerprint density at radius 2 is 1.57 bits per heavy atom. The van der Waals surface area contributed by atoms with Gasteiger partial charge in [-0.3, -0.25) is 14.4 Å². The van der Waals surface area contributed by atoms with Crippen molar-refractivity contribution in [3.63, 3.8) is 0 Å². The third kappa shape index (κ3) is 6.85. The van der Waals surface area contributed by atoms with Gasteiger partial charge in [0.05, 0.1) is 11.3 Å². The molecule has 0 spiro atoms. The van der Waals surface area contributed by atoms with Crippen molar-refractivity contribution in [3.8, 4) is 0 Å². The van der Waals surface area contributed by atoms with Crippen LogP contribution in [0.15, 0.2) is 54.6 Å². The number of methoxy groups -OCH3 is 1. The Morgan fingerprint density at radius 1 is 0.857 bits per heavy atom. The number of amides is 3. The second-order valence-corrected chi connectivity index (χ2v) is 6.09. The molecule has 2 aromatic rings. The fourth-order valence-electron chi connectivity index (χ4n) is 2.53. The van der Waals surface area contributed by atoms with Crippen molar-refractivity contribution in [2.75, 3.05) is 32.1 Å². The van der Waals surface area contributed by atoms with Gasteiger partial charge in [-0.2, -0.15) is 0 Å². The van der Waals surface area contributed by atoms with Gasteiger partial charge in [0, 0.05) is 26.8 Å². The molecular weight excluding hydrogens is 358 g/mol. The first-order valence-corrected chi connectivity index (χ1v) is 9.11. The molecule has 0 fully saturated rings. The second-order valence-electron chi connectivity index (χ2n) is 6.09. The fourth-order valence-corrected chi connectivity index (χ4v) is 2.53. The van der Waals surface area contributed by atoms with Gasteiger partial charge in [-0.25, -0.2) is 0 Å².